The molecule has 0 unspecified atom stereocenters. The van der Waals surface area contributed by atoms with Gasteiger partial charge in [-0.25, -0.2) is 0 Å². The Morgan fingerprint density at radius 1 is 1.40 bits per heavy atom. The maximum Gasteiger partial charge on any atom is 0.224 e. The number of thioether (sulfide) groups is 1. The molecule has 0 saturated carbocycles. The average Bonchev–Trinajstić information content (AvgIpc) is 2.43. The number of nitrogens with one attached hydrogen (secondary N) is 1. The highest BCUT2D eigenvalue weighted by Crippen LogP contribution is 2.24. The molecule has 1 aromatic rings. The molecule has 2 rings (SSSR count). The van der Waals surface area contributed by atoms with E-state index in [4.69, 9.17) is 17.3 Å². The van der Waals surface area contributed by atoms with E-state index in [0.29, 0.717) is 22.8 Å². The van der Waals surface area contributed by atoms with Crippen molar-refractivity contribution >= 4 is 40.6 Å². The number of amides is 1. The molecule has 1 fully saturated rings. The molecule has 0 spiro atoms. The van der Waals surface area contributed by atoms with Gasteiger partial charge in [-0.05, 0) is 31.2 Å². The summed E-state index contributed by atoms with van der Waals surface area (Å²) in [6.07, 6.45) is 1.40. The fraction of sp³-hybridized carbons (Fsp3) is 0.500. The molecule has 1 heterocycles. The smallest absolute Gasteiger partial charge is 0.224 e. The van der Waals surface area contributed by atoms with Crippen LogP contribution in [0.2, 0.25) is 5.02 Å². The van der Waals surface area contributed by atoms with Crippen molar-refractivity contribution in [3.05, 3.63) is 23.2 Å². The second-order valence-corrected chi connectivity index (χ2v) is 6.48. The number of nitrogens with two attached hydrogens (primary N) is 1. The summed E-state index contributed by atoms with van der Waals surface area (Å²) in [5.74, 6) is 2.41. The molecule has 1 aliphatic rings. The summed E-state index contributed by atoms with van der Waals surface area (Å²) in [5.41, 5.74) is 6.84. The minimum absolute atomic E-state index is 0.00283. The van der Waals surface area contributed by atoms with Crippen molar-refractivity contribution < 1.29 is 4.79 Å². The number of hydrogen-bond donors (Lipinski definition) is 2. The van der Waals surface area contributed by atoms with Gasteiger partial charge in [0.2, 0.25) is 5.91 Å². The first kappa shape index (κ1) is 15.5. The van der Waals surface area contributed by atoms with E-state index in [0.717, 1.165) is 26.1 Å². The number of nitrogen functional groups attached to an aromatic ring is 1. The second kappa shape index (κ2) is 7.76. The lowest BCUT2D eigenvalue weighted by atomic mass is 10.2. The number of carbonyl (C=O) groups is 1. The van der Waals surface area contributed by atoms with Crippen LogP contribution in [0.5, 0.6) is 0 Å². The highest BCUT2D eigenvalue weighted by Gasteiger charge is 2.11. The zero-order valence-corrected chi connectivity index (χ0v) is 13.0. The maximum atomic E-state index is 11.9. The van der Waals surface area contributed by atoms with Gasteiger partial charge >= 0.3 is 0 Å². The SMILES string of the molecule is Nc1ccc(NC(=O)CCCN2CCSCC2)c(Cl)c1. The number of hydrogen-bond acceptors (Lipinski definition) is 4. The second-order valence-electron chi connectivity index (χ2n) is 4.85. The van der Waals surface area contributed by atoms with E-state index in [9.17, 15) is 4.79 Å². The van der Waals surface area contributed by atoms with Crippen molar-refractivity contribution in [2.45, 2.75) is 12.8 Å². The van der Waals surface area contributed by atoms with Crippen molar-refractivity contribution in [2.24, 2.45) is 0 Å². The Bertz CT molecular complexity index is 464. The van der Waals surface area contributed by atoms with Gasteiger partial charge in [0.25, 0.3) is 0 Å². The molecule has 0 aliphatic carbocycles. The quantitative estimate of drug-likeness (QED) is 0.821. The Hall–Kier alpha value is -0.910. The first-order chi connectivity index (χ1) is 9.65. The van der Waals surface area contributed by atoms with Crippen LogP contribution in [0, 0.1) is 0 Å². The van der Waals surface area contributed by atoms with Gasteiger partial charge in [0, 0.05) is 36.7 Å². The van der Waals surface area contributed by atoms with Gasteiger partial charge in [0.05, 0.1) is 10.7 Å². The van der Waals surface area contributed by atoms with E-state index in [1.54, 1.807) is 18.2 Å². The lowest BCUT2D eigenvalue weighted by molar-refractivity contribution is -0.116. The Kier molecular flexibility index (Phi) is 6.01. The third-order valence-electron chi connectivity index (χ3n) is 3.25. The summed E-state index contributed by atoms with van der Waals surface area (Å²) in [4.78, 5) is 14.3. The molecule has 1 saturated heterocycles. The monoisotopic (exact) mass is 313 g/mol. The average molecular weight is 314 g/mol. The predicted molar refractivity (Wildman–Crippen MR) is 87.5 cm³/mol. The molecule has 1 amide bonds. The van der Waals surface area contributed by atoms with Gasteiger partial charge in [-0.1, -0.05) is 11.6 Å². The van der Waals surface area contributed by atoms with Crippen LogP contribution in [-0.4, -0.2) is 41.9 Å². The minimum Gasteiger partial charge on any atom is -0.399 e. The fourth-order valence-electron chi connectivity index (χ4n) is 2.13. The number of anilines is 2. The summed E-state index contributed by atoms with van der Waals surface area (Å²) in [7, 11) is 0. The van der Waals surface area contributed by atoms with E-state index in [1.165, 1.54) is 11.5 Å². The van der Waals surface area contributed by atoms with Gasteiger partial charge < -0.3 is 16.0 Å². The van der Waals surface area contributed by atoms with Crippen molar-refractivity contribution in [2.75, 3.05) is 42.2 Å². The number of rotatable bonds is 5. The van der Waals surface area contributed by atoms with Crippen LogP contribution in [0.15, 0.2) is 18.2 Å². The molecule has 110 valence electrons. The lowest BCUT2D eigenvalue weighted by Crippen LogP contribution is -2.33. The number of benzene rings is 1. The number of nitrogens with zero attached hydrogens (tertiary/aromatic N) is 1. The summed E-state index contributed by atoms with van der Waals surface area (Å²) in [6, 6.07) is 5.10. The molecular formula is C14H20ClN3OS. The standard InChI is InChI=1S/C14H20ClN3OS/c15-12-10-11(16)3-4-13(12)17-14(19)2-1-5-18-6-8-20-9-7-18/h3-4,10H,1-2,5-9,16H2,(H,17,19). The van der Waals surface area contributed by atoms with Crippen molar-refractivity contribution in [3.63, 3.8) is 0 Å². The largest absolute Gasteiger partial charge is 0.399 e. The summed E-state index contributed by atoms with van der Waals surface area (Å²) >= 11 is 8.02. The highest BCUT2D eigenvalue weighted by molar-refractivity contribution is 7.99. The van der Waals surface area contributed by atoms with Gasteiger partial charge in [-0.2, -0.15) is 11.8 Å². The third-order valence-corrected chi connectivity index (χ3v) is 4.50. The van der Waals surface area contributed by atoms with Crippen molar-refractivity contribution in [1.29, 1.82) is 0 Å². The van der Waals surface area contributed by atoms with Gasteiger partial charge in [0.15, 0.2) is 0 Å². The van der Waals surface area contributed by atoms with Crippen LogP contribution in [0.4, 0.5) is 11.4 Å². The van der Waals surface area contributed by atoms with E-state index in [2.05, 4.69) is 10.2 Å². The van der Waals surface area contributed by atoms with Crippen LogP contribution in [0.25, 0.3) is 0 Å². The highest BCUT2D eigenvalue weighted by atomic mass is 35.5. The topological polar surface area (TPSA) is 58.4 Å². The molecule has 3 N–H and O–H groups in total. The lowest BCUT2D eigenvalue weighted by Gasteiger charge is -2.25. The zero-order chi connectivity index (χ0) is 14.4. The summed E-state index contributed by atoms with van der Waals surface area (Å²) in [6.45, 7) is 3.26. The molecule has 1 aliphatic heterocycles. The fourth-order valence-corrected chi connectivity index (χ4v) is 3.35. The Morgan fingerprint density at radius 2 is 2.15 bits per heavy atom. The third kappa shape index (κ3) is 4.89. The van der Waals surface area contributed by atoms with E-state index in [1.807, 2.05) is 11.8 Å². The number of carbonyl (C=O) groups excluding carboxylic acids is 1. The molecule has 20 heavy (non-hydrogen) atoms. The van der Waals surface area contributed by atoms with Crippen LogP contribution in [0.3, 0.4) is 0 Å². The molecule has 4 nitrogen and oxygen atoms in total. The summed E-state index contributed by atoms with van der Waals surface area (Å²) in [5, 5.41) is 3.30. The molecule has 1 aromatic carbocycles. The Morgan fingerprint density at radius 3 is 2.85 bits per heavy atom. The Balaban J connectivity index is 1.72. The first-order valence-electron chi connectivity index (χ1n) is 6.80. The molecular weight excluding hydrogens is 294 g/mol. The minimum atomic E-state index is 0.00283. The van der Waals surface area contributed by atoms with Crippen molar-refractivity contribution in [1.82, 2.24) is 4.90 Å². The number of halogens is 1. The maximum absolute atomic E-state index is 11.9. The van der Waals surface area contributed by atoms with Gasteiger partial charge in [-0.3, -0.25) is 4.79 Å². The van der Waals surface area contributed by atoms with Crippen LogP contribution in [-0.2, 0) is 4.79 Å². The van der Waals surface area contributed by atoms with E-state index < -0.39 is 0 Å². The molecule has 0 aromatic heterocycles. The summed E-state index contributed by atoms with van der Waals surface area (Å²) < 4.78 is 0. The first-order valence-corrected chi connectivity index (χ1v) is 8.33. The molecule has 0 bridgehead atoms. The van der Waals surface area contributed by atoms with Gasteiger partial charge in [0.1, 0.15) is 0 Å². The normalized spacial score (nSPS) is 16.1. The van der Waals surface area contributed by atoms with Crippen LogP contribution in [0.1, 0.15) is 12.8 Å². The molecule has 0 atom stereocenters. The van der Waals surface area contributed by atoms with E-state index in [-0.39, 0.29) is 5.91 Å². The van der Waals surface area contributed by atoms with Crippen LogP contribution < -0.4 is 11.1 Å². The zero-order valence-electron chi connectivity index (χ0n) is 11.4. The van der Waals surface area contributed by atoms with Crippen molar-refractivity contribution in [3.8, 4) is 0 Å². The van der Waals surface area contributed by atoms with Crippen LogP contribution >= 0.6 is 23.4 Å². The predicted octanol–water partition coefficient (Wildman–Crippen LogP) is 2.69. The Labute approximate surface area is 129 Å². The molecule has 6 heteroatoms. The van der Waals surface area contributed by atoms with E-state index >= 15 is 0 Å². The van der Waals surface area contributed by atoms with Gasteiger partial charge in [-0.15, -0.1) is 0 Å². The molecule has 0 radical (unpaired) electrons.